The van der Waals surface area contributed by atoms with Crippen LogP contribution in [0.4, 0.5) is 11.4 Å². The van der Waals surface area contributed by atoms with Crippen molar-refractivity contribution >= 4 is 22.5 Å². The van der Waals surface area contributed by atoms with Gasteiger partial charge in [0.2, 0.25) is 0 Å². The highest BCUT2D eigenvalue weighted by Gasteiger charge is 2.22. The lowest BCUT2D eigenvalue weighted by molar-refractivity contribution is -0.838. The second-order valence-corrected chi connectivity index (χ2v) is 7.57. The van der Waals surface area contributed by atoms with Crippen molar-refractivity contribution in [3.63, 3.8) is 0 Å². The van der Waals surface area contributed by atoms with Crippen LogP contribution in [-0.4, -0.2) is 61.2 Å². The van der Waals surface area contributed by atoms with Crippen LogP contribution in [-0.2, 0) is 20.6 Å². The van der Waals surface area contributed by atoms with Crippen molar-refractivity contribution in [1.82, 2.24) is 23.6 Å². The van der Waals surface area contributed by atoms with Crippen LogP contribution in [0, 0.1) is 10.1 Å². The maximum Gasteiger partial charge on any atom is 0.332 e. The first-order valence-corrected chi connectivity index (χ1v) is 9.79. The molecule has 0 aliphatic carbocycles. The fourth-order valence-corrected chi connectivity index (χ4v) is 3.97. The van der Waals surface area contributed by atoms with Crippen LogP contribution in [0.25, 0.3) is 11.2 Å². The maximum absolute atomic E-state index is 12.5. The van der Waals surface area contributed by atoms with E-state index in [-0.39, 0.29) is 21.9 Å². The number of hydrogen-bond acceptors (Lipinski definition) is 6. The number of nitrogens with zero attached hydrogens (tertiary/aromatic N) is 6. The predicted molar refractivity (Wildman–Crippen MR) is 110 cm³/mol. The zero-order valence-electron chi connectivity index (χ0n) is 16.9. The SMILES string of the molecule is Cn1c(=O)c2c(ncn2CCN2CC[NH+](c3ccc([N+](=O)[O-])cc3)CC2)n(C)c1=O. The molecule has 4 rings (SSSR count). The largest absolute Gasteiger partial charge is 0.332 e. The number of hydrogen-bond donors (Lipinski definition) is 1. The minimum atomic E-state index is -0.387. The number of nitrogens with one attached hydrogen (secondary N) is 1. The lowest BCUT2D eigenvalue weighted by atomic mass is 10.2. The molecule has 1 saturated heterocycles. The summed E-state index contributed by atoms with van der Waals surface area (Å²) in [4.78, 5) is 42.9. The maximum atomic E-state index is 12.5. The third kappa shape index (κ3) is 3.53. The molecule has 0 unspecified atom stereocenters. The Morgan fingerprint density at radius 1 is 1.07 bits per heavy atom. The number of non-ortho nitro benzene ring substituents is 1. The molecule has 0 atom stereocenters. The van der Waals surface area contributed by atoms with Gasteiger partial charge in [0.15, 0.2) is 11.2 Å². The molecule has 0 radical (unpaired) electrons. The second-order valence-electron chi connectivity index (χ2n) is 7.57. The number of imidazole rings is 1. The van der Waals surface area contributed by atoms with Gasteiger partial charge in [-0.15, -0.1) is 0 Å². The van der Waals surface area contributed by atoms with E-state index in [1.807, 2.05) is 16.7 Å². The molecular formula is C19H24N7O4+. The predicted octanol–water partition coefficient (Wildman–Crippen LogP) is -1.13. The average molecular weight is 414 g/mol. The second kappa shape index (κ2) is 7.84. The standard InChI is InChI=1S/C19H23N7O4/c1-21-17-16(18(27)22(2)19(21)28)25(13-20-17)12-9-23-7-10-24(11-8-23)14-3-5-15(6-4-14)26(29)30/h3-6,13H,7-12H2,1-2H3/p+1. The number of piperazine rings is 1. The lowest BCUT2D eigenvalue weighted by Gasteiger charge is -2.31. The Hall–Kier alpha value is -3.31. The molecule has 158 valence electrons. The smallest absolute Gasteiger partial charge is 0.323 e. The van der Waals surface area contributed by atoms with Gasteiger partial charge in [-0.05, 0) is 0 Å². The van der Waals surface area contributed by atoms with Crippen LogP contribution < -0.4 is 16.1 Å². The van der Waals surface area contributed by atoms with Crippen LogP contribution in [0.5, 0.6) is 0 Å². The van der Waals surface area contributed by atoms with Gasteiger partial charge in [-0.3, -0.25) is 28.9 Å². The van der Waals surface area contributed by atoms with Gasteiger partial charge in [0, 0.05) is 64.5 Å². The molecule has 1 aliphatic rings. The summed E-state index contributed by atoms with van der Waals surface area (Å²) in [5, 5.41) is 10.8. The highest BCUT2D eigenvalue weighted by molar-refractivity contribution is 5.69. The first-order valence-electron chi connectivity index (χ1n) is 9.79. The zero-order valence-corrected chi connectivity index (χ0v) is 16.9. The van der Waals surface area contributed by atoms with Crippen LogP contribution in [0.3, 0.4) is 0 Å². The summed E-state index contributed by atoms with van der Waals surface area (Å²) in [6.07, 6.45) is 1.61. The number of aromatic nitrogens is 4. The van der Waals surface area contributed by atoms with E-state index in [9.17, 15) is 19.7 Å². The van der Waals surface area contributed by atoms with Crippen LogP contribution in [0.15, 0.2) is 40.2 Å². The van der Waals surface area contributed by atoms with Gasteiger partial charge in [-0.25, -0.2) is 9.78 Å². The number of fused-ring (bicyclic) bond motifs is 1. The Morgan fingerprint density at radius 2 is 1.73 bits per heavy atom. The molecule has 0 saturated carbocycles. The fraction of sp³-hybridized carbons (Fsp3) is 0.421. The molecule has 0 bridgehead atoms. The molecule has 1 aliphatic heterocycles. The Morgan fingerprint density at radius 3 is 2.37 bits per heavy atom. The summed E-state index contributed by atoms with van der Waals surface area (Å²) >= 11 is 0. The van der Waals surface area contributed by atoms with E-state index in [0.29, 0.717) is 17.7 Å². The Bertz CT molecular complexity index is 1200. The number of benzene rings is 1. The first kappa shape index (κ1) is 20.0. The van der Waals surface area contributed by atoms with Gasteiger partial charge in [0.1, 0.15) is 5.69 Å². The normalized spacial score (nSPS) is 15.7. The monoisotopic (exact) mass is 414 g/mol. The summed E-state index contributed by atoms with van der Waals surface area (Å²) in [5.41, 5.74) is 1.28. The minimum Gasteiger partial charge on any atom is -0.323 e. The van der Waals surface area contributed by atoms with Crippen molar-refractivity contribution in [1.29, 1.82) is 0 Å². The molecule has 3 heterocycles. The molecule has 1 aromatic carbocycles. The summed E-state index contributed by atoms with van der Waals surface area (Å²) in [6, 6.07) is 6.74. The summed E-state index contributed by atoms with van der Waals surface area (Å²) in [6.45, 7) is 4.95. The topological polar surface area (TPSA) is 113 Å². The Labute approximate surface area is 171 Å². The number of aryl methyl sites for hydroxylation is 1. The van der Waals surface area contributed by atoms with Gasteiger partial charge in [0.25, 0.3) is 11.2 Å². The number of nitro benzene ring substituents is 1. The molecule has 30 heavy (non-hydrogen) atoms. The molecule has 11 heteroatoms. The van der Waals surface area contributed by atoms with E-state index in [2.05, 4.69) is 9.88 Å². The summed E-state index contributed by atoms with van der Waals surface area (Å²) in [5.74, 6) is 0. The quantitative estimate of drug-likeness (QED) is 0.418. The van der Waals surface area contributed by atoms with Crippen molar-refractivity contribution < 1.29 is 9.82 Å². The summed E-state index contributed by atoms with van der Waals surface area (Å²) < 4.78 is 4.30. The van der Waals surface area contributed by atoms with E-state index < -0.39 is 0 Å². The highest BCUT2D eigenvalue weighted by Crippen LogP contribution is 2.13. The zero-order chi connectivity index (χ0) is 21.4. The van der Waals surface area contributed by atoms with Crippen molar-refractivity contribution in [3.05, 3.63) is 61.5 Å². The van der Waals surface area contributed by atoms with Crippen LogP contribution in [0.1, 0.15) is 0 Å². The molecule has 11 nitrogen and oxygen atoms in total. The molecule has 0 spiro atoms. The third-order valence-corrected chi connectivity index (χ3v) is 5.82. The van der Waals surface area contributed by atoms with Crippen LogP contribution in [0.2, 0.25) is 0 Å². The van der Waals surface area contributed by atoms with E-state index in [4.69, 9.17) is 0 Å². The number of rotatable bonds is 5. The van der Waals surface area contributed by atoms with Gasteiger partial charge >= 0.3 is 5.69 Å². The number of quaternary nitrogens is 1. The molecule has 1 N–H and O–H groups in total. The first-order chi connectivity index (χ1) is 14.4. The van der Waals surface area contributed by atoms with E-state index in [1.165, 1.54) is 16.5 Å². The van der Waals surface area contributed by atoms with E-state index in [0.717, 1.165) is 43.0 Å². The average Bonchev–Trinajstić information content (AvgIpc) is 3.19. The number of nitro groups is 1. The Kier molecular flexibility index (Phi) is 5.22. The van der Waals surface area contributed by atoms with Crippen molar-refractivity contribution in [2.75, 3.05) is 32.7 Å². The highest BCUT2D eigenvalue weighted by atomic mass is 16.6. The van der Waals surface area contributed by atoms with E-state index >= 15 is 0 Å². The van der Waals surface area contributed by atoms with Crippen molar-refractivity contribution in [3.8, 4) is 0 Å². The van der Waals surface area contributed by atoms with Gasteiger partial charge in [-0.2, -0.15) is 0 Å². The van der Waals surface area contributed by atoms with Gasteiger partial charge in [-0.1, -0.05) is 0 Å². The molecule has 1 fully saturated rings. The van der Waals surface area contributed by atoms with Gasteiger partial charge < -0.3 is 9.47 Å². The Balaban J connectivity index is 1.40. The van der Waals surface area contributed by atoms with E-state index in [1.54, 1.807) is 25.5 Å². The summed E-state index contributed by atoms with van der Waals surface area (Å²) in [7, 11) is 3.09. The van der Waals surface area contributed by atoms with Crippen molar-refractivity contribution in [2.24, 2.45) is 14.1 Å². The molecule has 2 aromatic heterocycles. The molecular weight excluding hydrogens is 390 g/mol. The molecule has 0 amide bonds. The minimum absolute atomic E-state index is 0.105. The lowest BCUT2D eigenvalue weighted by Crippen LogP contribution is -3.10. The van der Waals surface area contributed by atoms with Crippen LogP contribution >= 0.6 is 0 Å². The van der Waals surface area contributed by atoms with Gasteiger partial charge in [0.05, 0.1) is 24.3 Å². The molecule has 3 aromatic rings. The van der Waals surface area contributed by atoms with Crippen molar-refractivity contribution in [2.45, 2.75) is 6.54 Å². The fourth-order valence-electron chi connectivity index (χ4n) is 3.97. The third-order valence-electron chi connectivity index (χ3n) is 5.82.